The smallest absolute Gasteiger partial charge is 0.258 e. The summed E-state index contributed by atoms with van der Waals surface area (Å²) in [7, 11) is 0. The van der Waals surface area contributed by atoms with E-state index in [1.165, 1.54) is 4.90 Å². The van der Waals surface area contributed by atoms with Gasteiger partial charge in [0.1, 0.15) is 6.54 Å². The molecule has 1 aliphatic rings. The number of carbonyl (C=O) groups is 3. The number of nitrogens with zero attached hydrogens (tertiary/aromatic N) is 1. The predicted molar refractivity (Wildman–Crippen MR) is 138 cm³/mol. The van der Waals surface area contributed by atoms with E-state index in [2.05, 4.69) is 10.6 Å². The van der Waals surface area contributed by atoms with Crippen molar-refractivity contribution >= 4 is 34.8 Å². The first kappa shape index (κ1) is 22.1. The molecule has 0 saturated heterocycles. The number of carbonyl (C=O) groups excluding carboxylic acids is 3. The highest BCUT2D eigenvalue weighted by Gasteiger charge is 2.27. The molecule has 0 aromatic heterocycles. The lowest BCUT2D eigenvalue weighted by Crippen LogP contribution is -2.42. The fourth-order valence-electron chi connectivity index (χ4n) is 4.13. The minimum absolute atomic E-state index is 0.0515. The van der Waals surface area contributed by atoms with Gasteiger partial charge in [-0.1, -0.05) is 60.2 Å². The first-order valence-electron chi connectivity index (χ1n) is 11.3. The Hall–Kier alpha value is -4.71. The van der Waals surface area contributed by atoms with Crippen molar-refractivity contribution in [3.05, 3.63) is 114 Å². The van der Waals surface area contributed by atoms with Crippen molar-refractivity contribution < 1.29 is 14.4 Å². The molecule has 2 N–H and O–H groups in total. The summed E-state index contributed by atoms with van der Waals surface area (Å²) < 4.78 is 0. The first-order valence-corrected chi connectivity index (χ1v) is 11.3. The zero-order valence-electron chi connectivity index (χ0n) is 19.1. The quantitative estimate of drug-likeness (QED) is 0.420. The molecule has 5 rings (SSSR count). The second-order valence-corrected chi connectivity index (χ2v) is 8.40. The van der Waals surface area contributed by atoms with Gasteiger partial charge in [-0.25, -0.2) is 0 Å². The van der Waals surface area contributed by atoms with E-state index in [4.69, 9.17) is 0 Å². The van der Waals surface area contributed by atoms with Crippen molar-refractivity contribution in [3.63, 3.8) is 0 Å². The number of hydrogen-bond acceptors (Lipinski definition) is 3. The van der Waals surface area contributed by atoms with E-state index in [1.807, 2.05) is 61.5 Å². The molecule has 0 aliphatic carbocycles. The molecule has 0 unspecified atom stereocenters. The van der Waals surface area contributed by atoms with Crippen LogP contribution in [-0.2, 0) is 4.79 Å². The van der Waals surface area contributed by atoms with Crippen LogP contribution in [0.5, 0.6) is 0 Å². The summed E-state index contributed by atoms with van der Waals surface area (Å²) >= 11 is 0. The summed E-state index contributed by atoms with van der Waals surface area (Å²) in [5.41, 5.74) is 5.78. The van der Waals surface area contributed by atoms with Crippen LogP contribution in [0.4, 0.5) is 17.1 Å². The second kappa shape index (κ2) is 9.27. The summed E-state index contributed by atoms with van der Waals surface area (Å²) in [5.74, 6) is -0.759. The molecule has 1 aliphatic heterocycles. The SMILES string of the molecule is Cc1ccc(-c2ccccc2C(=O)Nc2ccc(C(=O)N3CC(=O)Nc4ccccc43)cc2)cc1. The number of rotatable bonds is 4. The lowest BCUT2D eigenvalue weighted by molar-refractivity contribution is -0.115. The Morgan fingerprint density at radius 2 is 1.51 bits per heavy atom. The van der Waals surface area contributed by atoms with Gasteiger partial charge in [-0.2, -0.15) is 0 Å². The van der Waals surface area contributed by atoms with Crippen LogP contribution in [0.3, 0.4) is 0 Å². The van der Waals surface area contributed by atoms with Crippen LogP contribution in [0.25, 0.3) is 11.1 Å². The van der Waals surface area contributed by atoms with Gasteiger partial charge in [-0.3, -0.25) is 19.3 Å². The number of hydrogen-bond donors (Lipinski definition) is 2. The van der Waals surface area contributed by atoms with Gasteiger partial charge in [0.15, 0.2) is 0 Å². The van der Waals surface area contributed by atoms with E-state index in [9.17, 15) is 14.4 Å². The van der Waals surface area contributed by atoms with Crippen LogP contribution >= 0.6 is 0 Å². The number of nitrogens with one attached hydrogen (secondary N) is 2. The van der Waals surface area contributed by atoms with E-state index < -0.39 is 0 Å². The zero-order valence-corrected chi connectivity index (χ0v) is 19.1. The highest BCUT2D eigenvalue weighted by atomic mass is 16.2. The largest absolute Gasteiger partial charge is 0.323 e. The topological polar surface area (TPSA) is 78.5 Å². The summed E-state index contributed by atoms with van der Waals surface area (Å²) in [6, 6.07) is 29.4. The third-order valence-corrected chi connectivity index (χ3v) is 5.94. The molecule has 4 aromatic rings. The van der Waals surface area contributed by atoms with Crippen molar-refractivity contribution in [1.82, 2.24) is 0 Å². The Bertz CT molecular complexity index is 1430. The van der Waals surface area contributed by atoms with E-state index >= 15 is 0 Å². The maximum absolute atomic E-state index is 13.1. The third-order valence-electron chi connectivity index (χ3n) is 5.94. The summed E-state index contributed by atoms with van der Waals surface area (Å²) in [5, 5.41) is 5.70. The molecule has 0 radical (unpaired) electrons. The van der Waals surface area contributed by atoms with Crippen LogP contribution in [0, 0.1) is 6.92 Å². The molecule has 3 amide bonds. The molecular weight excluding hydrogens is 438 g/mol. The van der Waals surface area contributed by atoms with Gasteiger partial charge < -0.3 is 10.6 Å². The van der Waals surface area contributed by atoms with E-state index in [0.717, 1.165) is 16.7 Å². The van der Waals surface area contributed by atoms with Gasteiger partial charge in [0.2, 0.25) is 5.91 Å². The van der Waals surface area contributed by atoms with Gasteiger partial charge in [-0.05, 0) is 60.5 Å². The van der Waals surface area contributed by atoms with E-state index in [0.29, 0.717) is 28.2 Å². The highest BCUT2D eigenvalue weighted by Crippen LogP contribution is 2.30. The minimum atomic E-state index is -0.283. The molecule has 6 heteroatoms. The molecule has 6 nitrogen and oxygen atoms in total. The van der Waals surface area contributed by atoms with Crippen molar-refractivity contribution in [2.75, 3.05) is 22.1 Å². The number of para-hydroxylation sites is 2. The normalized spacial score (nSPS) is 12.5. The molecule has 0 atom stereocenters. The van der Waals surface area contributed by atoms with Crippen LogP contribution < -0.4 is 15.5 Å². The average molecular weight is 462 g/mol. The highest BCUT2D eigenvalue weighted by molar-refractivity contribution is 6.15. The molecular formula is C29H23N3O3. The Labute approximate surface area is 203 Å². The molecule has 4 aromatic carbocycles. The standard InChI is InChI=1S/C29H23N3O3/c1-19-10-12-20(13-11-19)23-6-2-3-7-24(23)28(34)30-22-16-14-21(15-17-22)29(35)32-18-27(33)31-25-8-4-5-9-26(25)32/h2-17H,18H2,1H3,(H,30,34)(H,31,33). The monoisotopic (exact) mass is 461 g/mol. The lowest BCUT2D eigenvalue weighted by Gasteiger charge is -2.29. The van der Waals surface area contributed by atoms with Gasteiger partial charge in [-0.15, -0.1) is 0 Å². The second-order valence-electron chi connectivity index (χ2n) is 8.40. The van der Waals surface area contributed by atoms with Gasteiger partial charge in [0.25, 0.3) is 11.8 Å². The molecule has 35 heavy (non-hydrogen) atoms. The Kier molecular flexibility index (Phi) is 5.85. The Morgan fingerprint density at radius 3 is 2.29 bits per heavy atom. The zero-order chi connectivity index (χ0) is 24.4. The first-order chi connectivity index (χ1) is 17.0. The average Bonchev–Trinajstić information content (AvgIpc) is 2.88. The molecule has 0 fully saturated rings. The summed E-state index contributed by atoms with van der Waals surface area (Å²) in [6.07, 6.45) is 0. The van der Waals surface area contributed by atoms with Crippen molar-refractivity contribution in [3.8, 4) is 11.1 Å². The van der Waals surface area contributed by atoms with Gasteiger partial charge in [0, 0.05) is 16.8 Å². The Balaban J connectivity index is 1.35. The molecule has 1 heterocycles. The molecule has 0 bridgehead atoms. The van der Waals surface area contributed by atoms with Crippen molar-refractivity contribution in [2.24, 2.45) is 0 Å². The van der Waals surface area contributed by atoms with Crippen LogP contribution in [0.2, 0.25) is 0 Å². The van der Waals surface area contributed by atoms with Crippen LogP contribution in [0.1, 0.15) is 26.3 Å². The maximum Gasteiger partial charge on any atom is 0.258 e. The van der Waals surface area contributed by atoms with Gasteiger partial charge in [0.05, 0.1) is 11.4 Å². The number of anilines is 3. The number of fused-ring (bicyclic) bond motifs is 1. The third kappa shape index (κ3) is 4.54. The van der Waals surface area contributed by atoms with E-state index in [1.54, 1.807) is 42.5 Å². The van der Waals surface area contributed by atoms with E-state index in [-0.39, 0.29) is 24.3 Å². The molecule has 172 valence electrons. The molecule has 0 saturated carbocycles. The minimum Gasteiger partial charge on any atom is -0.323 e. The maximum atomic E-state index is 13.1. The number of amides is 3. The summed E-state index contributed by atoms with van der Waals surface area (Å²) in [4.78, 5) is 39.8. The summed E-state index contributed by atoms with van der Waals surface area (Å²) in [6.45, 7) is 1.97. The predicted octanol–water partition coefficient (Wildman–Crippen LogP) is 5.51. The fraction of sp³-hybridized carbons (Fsp3) is 0.0690. The van der Waals surface area contributed by atoms with Crippen LogP contribution in [-0.4, -0.2) is 24.3 Å². The Morgan fingerprint density at radius 1 is 0.829 bits per heavy atom. The van der Waals surface area contributed by atoms with Crippen molar-refractivity contribution in [2.45, 2.75) is 6.92 Å². The fourth-order valence-corrected chi connectivity index (χ4v) is 4.13. The molecule has 0 spiro atoms. The lowest BCUT2D eigenvalue weighted by atomic mass is 9.98. The van der Waals surface area contributed by atoms with Gasteiger partial charge >= 0.3 is 0 Å². The van der Waals surface area contributed by atoms with Crippen molar-refractivity contribution in [1.29, 1.82) is 0 Å². The number of benzene rings is 4. The number of aryl methyl sites for hydroxylation is 1. The van der Waals surface area contributed by atoms with Crippen LogP contribution in [0.15, 0.2) is 97.1 Å².